The summed E-state index contributed by atoms with van der Waals surface area (Å²) in [6.45, 7) is 2.72. The first kappa shape index (κ1) is 15.0. The lowest BCUT2D eigenvalue weighted by Crippen LogP contribution is -2.49. The van der Waals surface area contributed by atoms with Gasteiger partial charge in [-0.05, 0) is 37.0 Å². The monoisotopic (exact) mass is 352 g/mol. The van der Waals surface area contributed by atoms with E-state index in [1.54, 1.807) is 0 Å². The minimum Gasteiger partial charge on any atom is -0.381 e. The molecule has 2 aliphatic rings. The summed E-state index contributed by atoms with van der Waals surface area (Å²) >= 11 is 3.52. The first-order chi connectivity index (χ1) is 10.1. The fraction of sp³-hybridized carbons (Fsp3) is 0.562. The molecule has 0 bridgehead atoms. The van der Waals surface area contributed by atoms with Crippen molar-refractivity contribution in [3.05, 3.63) is 34.3 Å². The molecule has 1 amide bonds. The van der Waals surface area contributed by atoms with Crippen molar-refractivity contribution in [3.8, 4) is 0 Å². The van der Waals surface area contributed by atoms with Gasteiger partial charge in [-0.25, -0.2) is 0 Å². The molecule has 1 aromatic rings. The summed E-state index contributed by atoms with van der Waals surface area (Å²) in [5.74, 6) is 0.219. The number of rotatable bonds is 2. The summed E-state index contributed by atoms with van der Waals surface area (Å²) < 4.78 is 6.51. The number of halogens is 1. The van der Waals surface area contributed by atoms with Gasteiger partial charge < -0.3 is 15.4 Å². The number of hydrogen-bond acceptors (Lipinski definition) is 3. The molecule has 0 spiro atoms. The molecule has 4 nitrogen and oxygen atoms in total. The second kappa shape index (κ2) is 6.07. The predicted molar refractivity (Wildman–Crippen MR) is 85.0 cm³/mol. The molecule has 2 aliphatic heterocycles. The van der Waals surface area contributed by atoms with Gasteiger partial charge in [0.15, 0.2) is 0 Å². The Morgan fingerprint density at radius 1 is 1.38 bits per heavy atom. The zero-order chi connectivity index (χ0) is 14.9. The zero-order valence-electron chi connectivity index (χ0n) is 12.1. The molecule has 2 saturated heterocycles. The molecule has 3 rings (SSSR count). The van der Waals surface area contributed by atoms with Crippen molar-refractivity contribution in [1.82, 2.24) is 4.90 Å². The fourth-order valence-electron chi connectivity index (χ4n) is 3.41. The van der Waals surface area contributed by atoms with Crippen LogP contribution in [0.5, 0.6) is 0 Å². The number of nitrogens with two attached hydrogens (primary N) is 1. The molecular weight excluding hydrogens is 332 g/mol. The summed E-state index contributed by atoms with van der Waals surface area (Å²) in [6.07, 6.45) is 2.39. The van der Waals surface area contributed by atoms with E-state index < -0.39 is 5.41 Å². The van der Waals surface area contributed by atoms with Gasteiger partial charge in [-0.3, -0.25) is 4.79 Å². The third kappa shape index (κ3) is 2.87. The Hall–Kier alpha value is -0.910. The Bertz CT molecular complexity index is 529. The highest BCUT2D eigenvalue weighted by molar-refractivity contribution is 9.10. The lowest BCUT2D eigenvalue weighted by molar-refractivity contribution is -0.140. The molecule has 2 N–H and O–H groups in total. The van der Waals surface area contributed by atoms with Crippen LogP contribution < -0.4 is 5.73 Å². The maximum absolute atomic E-state index is 13.2. The summed E-state index contributed by atoms with van der Waals surface area (Å²) in [5.41, 5.74) is 6.61. The van der Waals surface area contributed by atoms with Gasteiger partial charge in [0, 0.05) is 36.8 Å². The van der Waals surface area contributed by atoms with Crippen LogP contribution in [0, 0.1) is 0 Å². The van der Waals surface area contributed by atoms with E-state index in [-0.39, 0.29) is 11.9 Å². The number of ether oxygens (including phenoxy) is 1. The van der Waals surface area contributed by atoms with Gasteiger partial charge in [-0.15, -0.1) is 0 Å². The predicted octanol–water partition coefficient (Wildman–Crippen LogP) is 2.06. The summed E-state index contributed by atoms with van der Waals surface area (Å²) in [5, 5.41) is 0. The van der Waals surface area contributed by atoms with Crippen molar-refractivity contribution in [2.75, 3.05) is 26.3 Å². The van der Waals surface area contributed by atoms with Crippen LogP contribution in [0.4, 0.5) is 0 Å². The number of hydrogen-bond donors (Lipinski definition) is 1. The van der Waals surface area contributed by atoms with E-state index >= 15 is 0 Å². The molecule has 0 aliphatic carbocycles. The van der Waals surface area contributed by atoms with Crippen molar-refractivity contribution in [1.29, 1.82) is 0 Å². The van der Waals surface area contributed by atoms with Crippen LogP contribution in [0.1, 0.15) is 24.8 Å². The number of likely N-dealkylation sites (tertiary alicyclic amines) is 1. The van der Waals surface area contributed by atoms with Crippen molar-refractivity contribution >= 4 is 21.8 Å². The van der Waals surface area contributed by atoms with Crippen molar-refractivity contribution in [2.24, 2.45) is 5.73 Å². The van der Waals surface area contributed by atoms with E-state index in [0.717, 1.165) is 35.8 Å². The van der Waals surface area contributed by atoms with Gasteiger partial charge >= 0.3 is 0 Å². The van der Waals surface area contributed by atoms with E-state index in [2.05, 4.69) is 28.1 Å². The van der Waals surface area contributed by atoms with Gasteiger partial charge in [0.2, 0.25) is 5.91 Å². The molecule has 0 saturated carbocycles. The quantitative estimate of drug-likeness (QED) is 0.886. The maximum Gasteiger partial charge on any atom is 0.233 e. The lowest BCUT2D eigenvalue weighted by atomic mass is 9.73. The van der Waals surface area contributed by atoms with E-state index in [1.807, 2.05) is 17.0 Å². The minimum absolute atomic E-state index is 0.119. The van der Waals surface area contributed by atoms with E-state index in [9.17, 15) is 4.79 Å². The van der Waals surface area contributed by atoms with Gasteiger partial charge in [0.05, 0.1) is 5.41 Å². The summed E-state index contributed by atoms with van der Waals surface area (Å²) in [6, 6.07) is 8.24. The normalized spacial score (nSPS) is 25.0. The maximum atomic E-state index is 13.2. The average Bonchev–Trinajstić information content (AvgIpc) is 2.94. The lowest BCUT2D eigenvalue weighted by Gasteiger charge is -2.39. The Labute approximate surface area is 133 Å². The Balaban J connectivity index is 1.95. The molecule has 0 aromatic heterocycles. The molecule has 2 fully saturated rings. The van der Waals surface area contributed by atoms with Crippen LogP contribution in [0.2, 0.25) is 0 Å². The first-order valence-electron chi connectivity index (χ1n) is 7.50. The van der Waals surface area contributed by atoms with Gasteiger partial charge in [-0.2, -0.15) is 0 Å². The largest absolute Gasteiger partial charge is 0.381 e. The van der Waals surface area contributed by atoms with E-state index in [4.69, 9.17) is 10.5 Å². The summed E-state index contributed by atoms with van der Waals surface area (Å²) in [7, 11) is 0. The number of amides is 1. The standard InChI is InChI=1S/C16H21BrN2O2/c17-13-3-1-2-12(10-13)16(5-8-21-9-6-16)15(20)19-7-4-14(18)11-19/h1-3,10,14H,4-9,11,18H2. The molecule has 5 heteroatoms. The fourth-order valence-corrected chi connectivity index (χ4v) is 3.81. The van der Waals surface area contributed by atoms with Crippen molar-refractivity contribution in [3.63, 3.8) is 0 Å². The van der Waals surface area contributed by atoms with Crippen LogP contribution in [0.3, 0.4) is 0 Å². The molecular formula is C16H21BrN2O2. The highest BCUT2D eigenvalue weighted by Gasteiger charge is 2.45. The second-order valence-electron chi connectivity index (χ2n) is 6.00. The zero-order valence-corrected chi connectivity index (χ0v) is 13.6. The van der Waals surface area contributed by atoms with Crippen molar-refractivity contribution in [2.45, 2.75) is 30.7 Å². The van der Waals surface area contributed by atoms with Crippen LogP contribution in [0.15, 0.2) is 28.7 Å². The molecule has 2 heterocycles. The number of benzene rings is 1. The SMILES string of the molecule is NC1CCN(C(=O)C2(c3cccc(Br)c3)CCOCC2)C1. The third-order valence-electron chi connectivity index (χ3n) is 4.64. The second-order valence-corrected chi connectivity index (χ2v) is 6.92. The highest BCUT2D eigenvalue weighted by Crippen LogP contribution is 2.38. The molecule has 1 aromatic carbocycles. The van der Waals surface area contributed by atoms with Gasteiger partial charge in [0.25, 0.3) is 0 Å². The summed E-state index contributed by atoms with van der Waals surface area (Å²) in [4.78, 5) is 15.1. The topological polar surface area (TPSA) is 55.6 Å². The molecule has 1 atom stereocenters. The Kier molecular flexibility index (Phi) is 4.33. The molecule has 0 radical (unpaired) electrons. The number of carbonyl (C=O) groups is 1. The van der Waals surface area contributed by atoms with E-state index in [1.165, 1.54) is 0 Å². The smallest absolute Gasteiger partial charge is 0.233 e. The molecule has 1 unspecified atom stereocenters. The van der Waals surface area contributed by atoms with Crippen LogP contribution in [0.25, 0.3) is 0 Å². The van der Waals surface area contributed by atoms with Crippen molar-refractivity contribution < 1.29 is 9.53 Å². The number of carbonyl (C=O) groups excluding carboxylic acids is 1. The molecule has 114 valence electrons. The minimum atomic E-state index is -0.452. The first-order valence-corrected chi connectivity index (χ1v) is 8.30. The van der Waals surface area contributed by atoms with Gasteiger partial charge in [0.1, 0.15) is 0 Å². The third-order valence-corrected chi connectivity index (χ3v) is 5.14. The van der Waals surface area contributed by atoms with E-state index in [0.29, 0.717) is 19.8 Å². The highest BCUT2D eigenvalue weighted by atomic mass is 79.9. The van der Waals surface area contributed by atoms with Gasteiger partial charge in [-0.1, -0.05) is 28.1 Å². The number of nitrogens with zero attached hydrogens (tertiary/aromatic N) is 1. The molecule has 21 heavy (non-hydrogen) atoms. The van der Waals surface area contributed by atoms with Crippen LogP contribution in [-0.4, -0.2) is 43.2 Å². The average molecular weight is 353 g/mol. The Morgan fingerprint density at radius 3 is 2.76 bits per heavy atom. The van der Waals surface area contributed by atoms with Crippen LogP contribution in [-0.2, 0) is 14.9 Å². The van der Waals surface area contributed by atoms with Crippen LogP contribution >= 0.6 is 15.9 Å². The Morgan fingerprint density at radius 2 is 2.14 bits per heavy atom.